The summed E-state index contributed by atoms with van der Waals surface area (Å²) in [4.78, 5) is 8.95. The number of nitrogen functional groups attached to an aromatic ring is 1. The fourth-order valence-corrected chi connectivity index (χ4v) is 2.23. The second-order valence-electron chi connectivity index (χ2n) is 4.90. The summed E-state index contributed by atoms with van der Waals surface area (Å²) in [7, 11) is 1.68. The lowest BCUT2D eigenvalue weighted by molar-refractivity contribution is 0.410. The van der Waals surface area contributed by atoms with Crippen molar-refractivity contribution in [1.29, 1.82) is 0 Å². The van der Waals surface area contributed by atoms with Gasteiger partial charge in [-0.3, -0.25) is 0 Å². The van der Waals surface area contributed by atoms with Gasteiger partial charge in [0.05, 0.1) is 7.11 Å². The Bertz CT molecular complexity index is 594. The second-order valence-corrected chi connectivity index (χ2v) is 4.90. The summed E-state index contributed by atoms with van der Waals surface area (Å²) in [6.07, 6.45) is 3.07. The van der Waals surface area contributed by atoms with Crippen molar-refractivity contribution in [3.05, 3.63) is 47.4 Å². The Labute approximate surface area is 112 Å². The molecule has 0 amide bonds. The van der Waals surface area contributed by atoms with Crippen molar-refractivity contribution in [3.63, 3.8) is 0 Å². The van der Waals surface area contributed by atoms with Crippen LogP contribution >= 0.6 is 0 Å². The molecule has 1 aromatic heterocycles. The van der Waals surface area contributed by atoms with Crippen LogP contribution in [0.5, 0.6) is 5.75 Å². The molecule has 3 rings (SSSR count). The molecule has 0 bridgehead atoms. The first-order chi connectivity index (χ1) is 9.26. The minimum atomic E-state index is 0.557. The van der Waals surface area contributed by atoms with E-state index in [0.717, 1.165) is 22.8 Å². The third-order valence-corrected chi connectivity index (χ3v) is 3.35. The molecule has 0 unspecified atom stereocenters. The number of rotatable bonds is 4. The van der Waals surface area contributed by atoms with E-state index in [4.69, 9.17) is 10.5 Å². The number of para-hydroxylation sites is 1. The van der Waals surface area contributed by atoms with E-state index < -0.39 is 0 Å². The summed E-state index contributed by atoms with van der Waals surface area (Å²) in [5, 5.41) is 0. The van der Waals surface area contributed by atoms with Crippen molar-refractivity contribution in [2.75, 3.05) is 12.8 Å². The van der Waals surface area contributed by atoms with Gasteiger partial charge in [0.25, 0.3) is 0 Å². The monoisotopic (exact) mass is 255 g/mol. The highest BCUT2D eigenvalue weighted by atomic mass is 16.5. The fraction of sp³-hybridized carbons (Fsp3) is 0.333. The fourth-order valence-electron chi connectivity index (χ4n) is 2.23. The summed E-state index contributed by atoms with van der Waals surface area (Å²) in [6, 6.07) is 9.82. The van der Waals surface area contributed by atoms with Crippen LogP contribution in [-0.2, 0) is 6.42 Å². The molecule has 1 fully saturated rings. The molecule has 19 heavy (non-hydrogen) atoms. The van der Waals surface area contributed by atoms with Crippen LogP contribution in [0.15, 0.2) is 30.3 Å². The average Bonchev–Trinajstić information content (AvgIpc) is 3.23. The SMILES string of the molecule is COc1ccccc1Cc1nc(N)cc(C2CC2)n1. The Morgan fingerprint density at radius 3 is 2.79 bits per heavy atom. The van der Waals surface area contributed by atoms with E-state index in [2.05, 4.69) is 9.97 Å². The van der Waals surface area contributed by atoms with E-state index in [0.29, 0.717) is 18.2 Å². The standard InChI is InChI=1S/C15H17N3O/c1-19-13-5-3-2-4-11(13)8-15-17-12(10-6-7-10)9-14(16)18-15/h2-5,9-10H,6-8H2,1H3,(H2,16,17,18). The van der Waals surface area contributed by atoms with E-state index in [9.17, 15) is 0 Å². The van der Waals surface area contributed by atoms with E-state index in [1.807, 2.05) is 30.3 Å². The van der Waals surface area contributed by atoms with Crippen LogP contribution in [0.25, 0.3) is 0 Å². The maximum atomic E-state index is 5.87. The summed E-state index contributed by atoms with van der Waals surface area (Å²) in [6.45, 7) is 0. The van der Waals surface area contributed by atoms with Crippen LogP contribution in [0.3, 0.4) is 0 Å². The quantitative estimate of drug-likeness (QED) is 0.912. The van der Waals surface area contributed by atoms with Crippen molar-refractivity contribution < 1.29 is 4.74 Å². The lowest BCUT2D eigenvalue weighted by atomic mass is 10.1. The van der Waals surface area contributed by atoms with Gasteiger partial charge in [-0.1, -0.05) is 18.2 Å². The second kappa shape index (κ2) is 4.88. The first-order valence-corrected chi connectivity index (χ1v) is 6.51. The van der Waals surface area contributed by atoms with Gasteiger partial charge in [-0.05, 0) is 18.9 Å². The molecule has 98 valence electrons. The number of hydrogen-bond acceptors (Lipinski definition) is 4. The highest BCUT2D eigenvalue weighted by Gasteiger charge is 2.26. The van der Waals surface area contributed by atoms with Crippen LogP contribution < -0.4 is 10.5 Å². The third-order valence-electron chi connectivity index (χ3n) is 3.35. The molecule has 2 aromatic rings. The van der Waals surface area contributed by atoms with Crippen molar-refractivity contribution >= 4 is 5.82 Å². The molecule has 0 atom stereocenters. The maximum Gasteiger partial charge on any atom is 0.135 e. The van der Waals surface area contributed by atoms with Crippen LogP contribution in [0.1, 0.15) is 35.8 Å². The molecule has 4 heteroatoms. The summed E-state index contributed by atoms with van der Waals surface area (Å²) < 4.78 is 5.35. The van der Waals surface area contributed by atoms with E-state index in [-0.39, 0.29) is 0 Å². The van der Waals surface area contributed by atoms with Gasteiger partial charge >= 0.3 is 0 Å². The molecule has 1 aliphatic rings. The largest absolute Gasteiger partial charge is 0.496 e. The van der Waals surface area contributed by atoms with Crippen molar-refractivity contribution in [2.45, 2.75) is 25.2 Å². The molecule has 0 aliphatic heterocycles. The van der Waals surface area contributed by atoms with Gasteiger partial charge in [0.1, 0.15) is 17.4 Å². The zero-order valence-corrected chi connectivity index (χ0v) is 11.0. The summed E-state index contributed by atoms with van der Waals surface area (Å²) in [5.41, 5.74) is 8.03. The Hall–Kier alpha value is -2.10. The van der Waals surface area contributed by atoms with E-state index in [1.165, 1.54) is 12.8 Å². The Morgan fingerprint density at radius 1 is 1.26 bits per heavy atom. The number of anilines is 1. The number of hydrogen-bond donors (Lipinski definition) is 1. The zero-order chi connectivity index (χ0) is 13.2. The van der Waals surface area contributed by atoms with Crippen molar-refractivity contribution in [2.24, 2.45) is 0 Å². The molecule has 0 radical (unpaired) electrons. The average molecular weight is 255 g/mol. The highest BCUT2D eigenvalue weighted by molar-refractivity contribution is 5.38. The van der Waals surface area contributed by atoms with E-state index >= 15 is 0 Å². The first kappa shape index (κ1) is 12.0. The Balaban J connectivity index is 1.90. The predicted octanol–water partition coefficient (Wildman–Crippen LogP) is 2.54. The number of nitrogens with zero attached hydrogens (tertiary/aromatic N) is 2. The number of nitrogens with two attached hydrogens (primary N) is 1. The van der Waals surface area contributed by atoms with Gasteiger partial charge in [0, 0.05) is 29.7 Å². The molecule has 4 nitrogen and oxygen atoms in total. The highest BCUT2D eigenvalue weighted by Crippen LogP contribution is 2.39. The molecule has 1 aromatic carbocycles. The third kappa shape index (κ3) is 2.67. The Morgan fingerprint density at radius 2 is 2.05 bits per heavy atom. The van der Waals surface area contributed by atoms with E-state index in [1.54, 1.807) is 7.11 Å². The van der Waals surface area contributed by atoms with Gasteiger partial charge in [-0.2, -0.15) is 0 Å². The summed E-state index contributed by atoms with van der Waals surface area (Å²) >= 11 is 0. The van der Waals surface area contributed by atoms with Gasteiger partial charge in [0.2, 0.25) is 0 Å². The molecule has 1 saturated carbocycles. The Kier molecular flexibility index (Phi) is 3.07. The van der Waals surface area contributed by atoms with Crippen molar-refractivity contribution in [1.82, 2.24) is 9.97 Å². The predicted molar refractivity (Wildman–Crippen MR) is 74.2 cm³/mol. The van der Waals surface area contributed by atoms with Gasteiger partial charge in [0.15, 0.2) is 0 Å². The molecule has 0 spiro atoms. The first-order valence-electron chi connectivity index (χ1n) is 6.51. The zero-order valence-electron chi connectivity index (χ0n) is 11.0. The molecule has 0 saturated heterocycles. The molecular formula is C15H17N3O. The number of benzene rings is 1. The maximum absolute atomic E-state index is 5.87. The summed E-state index contributed by atoms with van der Waals surface area (Å²) in [5.74, 6) is 2.77. The number of aromatic nitrogens is 2. The smallest absolute Gasteiger partial charge is 0.135 e. The minimum absolute atomic E-state index is 0.557. The topological polar surface area (TPSA) is 61.0 Å². The number of methoxy groups -OCH3 is 1. The molecule has 1 heterocycles. The van der Waals surface area contributed by atoms with Crippen LogP contribution in [0.4, 0.5) is 5.82 Å². The lowest BCUT2D eigenvalue weighted by Gasteiger charge is -2.08. The lowest BCUT2D eigenvalue weighted by Crippen LogP contribution is -2.04. The molecular weight excluding hydrogens is 238 g/mol. The van der Waals surface area contributed by atoms with Crippen LogP contribution in [0.2, 0.25) is 0 Å². The number of ether oxygens (including phenoxy) is 1. The van der Waals surface area contributed by atoms with Crippen LogP contribution in [0, 0.1) is 0 Å². The van der Waals surface area contributed by atoms with Crippen molar-refractivity contribution in [3.8, 4) is 5.75 Å². The normalized spacial score (nSPS) is 14.4. The molecule has 1 aliphatic carbocycles. The minimum Gasteiger partial charge on any atom is -0.496 e. The van der Waals surface area contributed by atoms with Gasteiger partial charge in [-0.25, -0.2) is 9.97 Å². The van der Waals surface area contributed by atoms with Crippen LogP contribution in [-0.4, -0.2) is 17.1 Å². The van der Waals surface area contributed by atoms with Gasteiger partial charge in [-0.15, -0.1) is 0 Å². The van der Waals surface area contributed by atoms with Gasteiger partial charge < -0.3 is 10.5 Å². The molecule has 2 N–H and O–H groups in total.